The third-order valence-electron chi connectivity index (χ3n) is 6.07. The molecule has 0 aliphatic carbocycles. The van der Waals surface area contributed by atoms with Gasteiger partial charge in [0.2, 0.25) is 34.8 Å². The maximum Gasteiger partial charge on any atom is 0.313 e. The van der Waals surface area contributed by atoms with E-state index in [1.165, 1.54) is 50.5 Å². The Bertz CT molecular complexity index is 1010. The van der Waals surface area contributed by atoms with Gasteiger partial charge in [-0.2, -0.15) is 8.78 Å². The van der Waals surface area contributed by atoms with Gasteiger partial charge >= 0.3 is 5.97 Å². The zero-order valence-electron chi connectivity index (χ0n) is 23.5. The van der Waals surface area contributed by atoms with Crippen LogP contribution in [-0.4, -0.2) is 52.2 Å². The van der Waals surface area contributed by atoms with Gasteiger partial charge in [0.25, 0.3) is 0 Å². The molecular weight excluding hydrogens is 551 g/mol. The molecule has 0 N–H and O–H groups in total. The number of hydrogen-bond acceptors (Lipinski definition) is 6. The van der Waals surface area contributed by atoms with Crippen molar-refractivity contribution in [1.29, 1.82) is 0 Å². The monoisotopic (exact) mass is 590 g/mol. The summed E-state index contributed by atoms with van der Waals surface area (Å²) in [5, 5.41) is 0. The van der Waals surface area contributed by atoms with Gasteiger partial charge in [0.15, 0.2) is 0 Å². The molecule has 0 radical (unpaired) electrons. The van der Waals surface area contributed by atoms with Crippen molar-refractivity contribution in [3.05, 3.63) is 58.9 Å². The second-order valence-corrected chi connectivity index (χ2v) is 9.32. The number of rotatable bonds is 22. The van der Waals surface area contributed by atoms with Crippen LogP contribution in [0.25, 0.3) is 0 Å². The number of esters is 1. The van der Waals surface area contributed by atoms with Crippen LogP contribution in [0.1, 0.15) is 63.9 Å². The van der Waals surface area contributed by atoms with Crippen molar-refractivity contribution >= 4 is 5.97 Å². The second-order valence-electron chi connectivity index (χ2n) is 9.32. The van der Waals surface area contributed by atoms with Crippen molar-refractivity contribution in [2.24, 2.45) is 0 Å². The van der Waals surface area contributed by atoms with Crippen LogP contribution < -0.4 is 9.47 Å². The molecule has 41 heavy (non-hydrogen) atoms. The van der Waals surface area contributed by atoms with Gasteiger partial charge in [-0.25, -0.2) is 13.2 Å². The first-order chi connectivity index (χ1) is 19.8. The van der Waals surface area contributed by atoms with Crippen LogP contribution in [0.3, 0.4) is 0 Å². The first-order valence-corrected chi connectivity index (χ1v) is 14.0. The number of aryl methyl sites for hydroxylation is 1. The van der Waals surface area contributed by atoms with Gasteiger partial charge in [0.1, 0.15) is 12.4 Å². The lowest BCUT2D eigenvalue weighted by molar-refractivity contribution is -0.136. The molecule has 0 atom stereocenters. The molecule has 11 heteroatoms. The number of benzene rings is 2. The van der Waals surface area contributed by atoms with Crippen molar-refractivity contribution in [3.63, 3.8) is 0 Å². The summed E-state index contributed by atoms with van der Waals surface area (Å²) < 4.78 is 92.2. The average Bonchev–Trinajstić information content (AvgIpc) is 2.98. The predicted octanol–water partition coefficient (Wildman–Crippen LogP) is 7.10. The number of carbonyl (C=O) groups excluding carboxylic acids is 1. The normalized spacial score (nSPS) is 11.2. The number of ether oxygens (including phenoxy) is 5. The number of halogens is 5. The minimum Gasteiger partial charge on any atom is -0.491 e. The van der Waals surface area contributed by atoms with Gasteiger partial charge in [0, 0.05) is 0 Å². The third kappa shape index (κ3) is 13.2. The summed E-state index contributed by atoms with van der Waals surface area (Å²) in [6, 6.07) is 8.13. The van der Waals surface area contributed by atoms with Gasteiger partial charge in [-0.3, -0.25) is 4.79 Å². The lowest BCUT2D eigenvalue weighted by atomic mass is 10.0. The topological polar surface area (TPSA) is 63.2 Å². The number of carbonyl (C=O) groups is 1. The minimum atomic E-state index is -2.34. The van der Waals surface area contributed by atoms with Crippen molar-refractivity contribution in [3.8, 4) is 11.5 Å². The predicted molar refractivity (Wildman–Crippen MR) is 143 cm³/mol. The molecule has 2 aromatic rings. The lowest BCUT2D eigenvalue weighted by Crippen LogP contribution is -2.16. The molecule has 0 unspecified atom stereocenters. The van der Waals surface area contributed by atoms with E-state index < -0.39 is 47.2 Å². The molecule has 0 aromatic heterocycles. The van der Waals surface area contributed by atoms with Crippen LogP contribution in [0.15, 0.2) is 24.3 Å². The van der Waals surface area contributed by atoms with Gasteiger partial charge in [-0.05, 0) is 30.5 Å². The van der Waals surface area contributed by atoms with E-state index in [1.54, 1.807) is 0 Å². The summed E-state index contributed by atoms with van der Waals surface area (Å²) in [4.78, 5) is 11.6. The molecule has 2 rings (SSSR count). The minimum absolute atomic E-state index is 0.105. The molecule has 0 bridgehead atoms. The van der Waals surface area contributed by atoms with E-state index in [4.69, 9.17) is 18.9 Å². The standard InChI is InChI=1S/C30H39F5O6/c1-2-3-4-5-6-7-8-9-22-10-12-23(13-11-22)40-21-20-39-19-18-38-17-16-37-15-14-24(36)41-30-28(34)26(32)25(31)27(33)29(30)35/h10-13H,2-9,14-21H2,1H3. The Morgan fingerprint density at radius 3 is 1.68 bits per heavy atom. The van der Waals surface area contributed by atoms with Crippen LogP contribution in [0.5, 0.6) is 11.5 Å². The molecule has 0 saturated carbocycles. The van der Waals surface area contributed by atoms with E-state index in [9.17, 15) is 26.7 Å². The van der Waals surface area contributed by atoms with E-state index in [0.717, 1.165) is 12.2 Å². The highest BCUT2D eigenvalue weighted by molar-refractivity contribution is 5.72. The van der Waals surface area contributed by atoms with Crippen LogP contribution >= 0.6 is 0 Å². The molecule has 0 fully saturated rings. The van der Waals surface area contributed by atoms with E-state index in [2.05, 4.69) is 23.8 Å². The van der Waals surface area contributed by atoms with E-state index >= 15 is 0 Å². The Morgan fingerprint density at radius 1 is 0.610 bits per heavy atom. The summed E-state index contributed by atoms with van der Waals surface area (Å²) in [5.74, 6) is -13.2. The quantitative estimate of drug-likeness (QED) is 0.0364. The van der Waals surface area contributed by atoms with Gasteiger partial charge in [0.05, 0.1) is 46.1 Å². The molecule has 6 nitrogen and oxygen atoms in total. The van der Waals surface area contributed by atoms with Crippen molar-refractivity contribution in [2.75, 3.05) is 46.2 Å². The maximum atomic E-state index is 13.5. The molecule has 0 amide bonds. The zero-order valence-corrected chi connectivity index (χ0v) is 23.5. The average molecular weight is 591 g/mol. The maximum absolute atomic E-state index is 13.5. The molecule has 0 heterocycles. The fourth-order valence-corrected chi connectivity index (χ4v) is 3.79. The number of unbranched alkanes of at least 4 members (excludes halogenated alkanes) is 6. The summed E-state index contributed by atoms with van der Waals surface area (Å²) in [7, 11) is 0. The first kappa shape index (κ1) is 34.4. The molecule has 0 spiro atoms. The van der Waals surface area contributed by atoms with E-state index in [-0.39, 0.29) is 19.8 Å². The first-order valence-electron chi connectivity index (χ1n) is 14.0. The molecular formula is C30H39F5O6. The van der Waals surface area contributed by atoms with E-state index in [1.807, 2.05) is 12.1 Å². The van der Waals surface area contributed by atoms with Crippen molar-refractivity contribution < 1.29 is 50.4 Å². The summed E-state index contributed by atoms with van der Waals surface area (Å²) in [5.41, 5.74) is 1.31. The van der Waals surface area contributed by atoms with E-state index in [0.29, 0.717) is 26.4 Å². The Morgan fingerprint density at radius 2 is 1.10 bits per heavy atom. The Hall–Kier alpha value is -2.76. The molecule has 0 saturated heterocycles. The SMILES string of the molecule is CCCCCCCCCc1ccc(OCCOCCOCCOCCC(=O)Oc2c(F)c(F)c(F)c(F)c2F)cc1. The van der Waals surface area contributed by atoms with Crippen molar-refractivity contribution in [1.82, 2.24) is 0 Å². The summed E-state index contributed by atoms with van der Waals surface area (Å²) >= 11 is 0. The van der Waals surface area contributed by atoms with Crippen molar-refractivity contribution in [2.45, 2.75) is 64.7 Å². The highest BCUT2D eigenvalue weighted by Crippen LogP contribution is 2.29. The van der Waals surface area contributed by atoms with Crippen LogP contribution in [0.4, 0.5) is 22.0 Å². The second kappa shape index (κ2) is 20.2. The summed E-state index contributed by atoms with van der Waals surface area (Å²) in [6.07, 6.45) is 9.68. The van der Waals surface area contributed by atoms with Crippen LogP contribution in [0, 0.1) is 29.1 Å². The fourth-order valence-electron chi connectivity index (χ4n) is 3.79. The molecule has 230 valence electrons. The third-order valence-corrected chi connectivity index (χ3v) is 6.07. The van der Waals surface area contributed by atoms with Crippen LogP contribution in [0.2, 0.25) is 0 Å². The smallest absolute Gasteiger partial charge is 0.313 e. The highest BCUT2D eigenvalue weighted by Gasteiger charge is 2.28. The number of hydrogen-bond donors (Lipinski definition) is 0. The Labute approximate surface area is 238 Å². The van der Waals surface area contributed by atoms with Gasteiger partial charge in [-0.15, -0.1) is 0 Å². The van der Waals surface area contributed by atoms with Gasteiger partial charge in [-0.1, -0.05) is 57.6 Å². The molecule has 0 aliphatic rings. The van der Waals surface area contributed by atoms with Gasteiger partial charge < -0.3 is 23.7 Å². The Balaban J connectivity index is 1.43. The largest absolute Gasteiger partial charge is 0.491 e. The Kier molecular flexibility index (Phi) is 16.9. The zero-order chi connectivity index (χ0) is 29.9. The lowest BCUT2D eigenvalue weighted by Gasteiger charge is -2.10. The fraction of sp³-hybridized carbons (Fsp3) is 0.567. The van der Waals surface area contributed by atoms with Crippen LogP contribution in [-0.2, 0) is 25.4 Å². The molecule has 0 aliphatic heterocycles. The molecule has 2 aromatic carbocycles. The highest BCUT2D eigenvalue weighted by atomic mass is 19.2. The summed E-state index contributed by atoms with van der Waals surface area (Å²) in [6.45, 7) is 3.77.